The maximum absolute atomic E-state index is 11.8. The number of hydrogen-bond donors (Lipinski definition) is 1. The Labute approximate surface area is 104 Å². The highest BCUT2D eigenvalue weighted by Gasteiger charge is 2.18. The van der Waals surface area contributed by atoms with Crippen molar-refractivity contribution in [1.29, 1.82) is 0 Å². The first kappa shape index (κ1) is 12.6. The SMILES string of the molecule is CC(C(=O)O)n1ncc(N2CCOCC2)cc1=O. The molecule has 1 N–H and O–H groups in total. The first-order valence-corrected chi connectivity index (χ1v) is 5.74. The van der Waals surface area contributed by atoms with Gasteiger partial charge in [0.25, 0.3) is 5.56 Å². The normalized spacial score (nSPS) is 17.5. The third-order valence-corrected chi connectivity index (χ3v) is 2.91. The van der Waals surface area contributed by atoms with E-state index >= 15 is 0 Å². The van der Waals surface area contributed by atoms with E-state index in [1.807, 2.05) is 4.90 Å². The van der Waals surface area contributed by atoms with E-state index in [0.717, 1.165) is 4.68 Å². The molecule has 1 atom stereocenters. The average Bonchev–Trinajstić information content (AvgIpc) is 2.38. The van der Waals surface area contributed by atoms with E-state index in [2.05, 4.69) is 5.10 Å². The predicted octanol–water partition coefficient (Wildman–Crippen LogP) is -0.274. The van der Waals surface area contributed by atoms with Crippen LogP contribution in [0.25, 0.3) is 0 Å². The maximum Gasteiger partial charge on any atom is 0.328 e. The lowest BCUT2D eigenvalue weighted by Crippen LogP contribution is -2.38. The smallest absolute Gasteiger partial charge is 0.328 e. The second-order valence-corrected chi connectivity index (χ2v) is 4.11. The van der Waals surface area contributed by atoms with E-state index in [1.54, 1.807) is 0 Å². The Kier molecular flexibility index (Phi) is 3.61. The highest BCUT2D eigenvalue weighted by Crippen LogP contribution is 2.12. The number of carboxylic acids is 1. The molecule has 0 saturated carbocycles. The summed E-state index contributed by atoms with van der Waals surface area (Å²) in [6, 6.07) is 0.453. The van der Waals surface area contributed by atoms with Crippen molar-refractivity contribution in [1.82, 2.24) is 9.78 Å². The van der Waals surface area contributed by atoms with Gasteiger partial charge in [0.2, 0.25) is 0 Å². The molecule has 1 aromatic heterocycles. The first-order valence-electron chi connectivity index (χ1n) is 5.74. The van der Waals surface area contributed by atoms with Crippen molar-refractivity contribution in [2.45, 2.75) is 13.0 Å². The third kappa shape index (κ3) is 2.51. The Morgan fingerprint density at radius 3 is 2.72 bits per heavy atom. The van der Waals surface area contributed by atoms with E-state index in [9.17, 15) is 9.59 Å². The fourth-order valence-corrected chi connectivity index (χ4v) is 1.80. The zero-order valence-corrected chi connectivity index (χ0v) is 10.1. The Hall–Kier alpha value is -1.89. The molecule has 1 aromatic rings. The van der Waals surface area contributed by atoms with Crippen LogP contribution in [0.4, 0.5) is 5.69 Å². The van der Waals surface area contributed by atoms with Crippen molar-refractivity contribution in [3.8, 4) is 0 Å². The molecule has 0 aromatic carbocycles. The fraction of sp³-hybridized carbons (Fsp3) is 0.545. The summed E-state index contributed by atoms with van der Waals surface area (Å²) < 4.78 is 6.19. The molecule has 0 aliphatic carbocycles. The molecule has 1 aliphatic rings. The minimum Gasteiger partial charge on any atom is -0.480 e. The van der Waals surface area contributed by atoms with E-state index in [1.165, 1.54) is 19.2 Å². The number of carboxylic acid groups (broad SMARTS) is 1. The van der Waals surface area contributed by atoms with Gasteiger partial charge >= 0.3 is 5.97 Å². The number of hydrogen-bond acceptors (Lipinski definition) is 5. The van der Waals surface area contributed by atoms with Crippen LogP contribution < -0.4 is 10.5 Å². The molecule has 18 heavy (non-hydrogen) atoms. The maximum atomic E-state index is 11.8. The Bertz CT molecular complexity index is 493. The van der Waals surface area contributed by atoms with Gasteiger partial charge in [-0.2, -0.15) is 5.10 Å². The van der Waals surface area contributed by atoms with E-state index < -0.39 is 17.6 Å². The molecule has 0 bridgehead atoms. The largest absolute Gasteiger partial charge is 0.480 e. The van der Waals surface area contributed by atoms with Crippen molar-refractivity contribution in [2.24, 2.45) is 0 Å². The van der Waals surface area contributed by atoms with Gasteiger partial charge in [-0.25, -0.2) is 9.48 Å². The van der Waals surface area contributed by atoms with Crippen molar-refractivity contribution in [3.63, 3.8) is 0 Å². The van der Waals surface area contributed by atoms with Gasteiger partial charge in [-0.15, -0.1) is 0 Å². The first-order chi connectivity index (χ1) is 8.59. The summed E-state index contributed by atoms with van der Waals surface area (Å²) >= 11 is 0. The van der Waals surface area contributed by atoms with E-state index in [0.29, 0.717) is 32.0 Å². The van der Waals surface area contributed by atoms with Gasteiger partial charge in [0.05, 0.1) is 25.1 Å². The quantitative estimate of drug-likeness (QED) is 0.798. The van der Waals surface area contributed by atoms with Crippen LogP contribution >= 0.6 is 0 Å². The van der Waals surface area contributed by atoms with Gasteiger partial charge < -0.3 is 14.7 Å². The highest BCUT2D eigenvalue weighted by molar-refractivity contribution is 5.71. The number of ether oxygens (including phenoxy) is 1. The molecule has 1 aliphatic heterocycles. The molecular weight excluding hydrogens is 238 g/mol. The Morgan fingerprint density at radius 2 is 2.17 bits per heavy atom. The molecule has 7 heteroatoms. The second kappa shape index (κ2) is 5.18. The summed E-state index contributed by atoms with van der Waals surface area (Å²) in [6.07, 6.45) is 1.52. The van der Waals surface area contributed by atoms with Crippen molar-refractivity contribution >= 4 is 11.7 Å². The van der Waals surface area contributed by atoms with E-state index in [4.69, 9.17) is 9.84 Å². The molecule has 0 radical (unpaired) electrons. The fourth-order valence-electron chi connectivity index (χ4n) is 1.80. The van der Waals surface area contributed by atoms with Crippen LogP contribution in [0.5, 0.6) is 0 Å². The van der Waals surface area contributed by atoms with E-state index in [-0.39, 0.29) is 0 Å². The molecule has 1 unspecified atom stereocenters. The van der Waals surface area contributed by atoms with Crippen molar-refractivity contribution in [3.05, 3.63) is 22.6 Å². The summed E-state index contributed by atoms with van der Waals surface area (Å²) in [4.78, 5) is 24.6. The highest BCUT2D eigenvalue weighted by atomic mass is 16.5. The lowest BCUT2D eigenvalue weighted by Gasteiger charge is -2.28. The Balaban J connectivity index is 2.24. The van der Waals surface area contributed by atoms with Crippen molar-refractivity contribution < 1.29 is 14.6 Å². The molecule has 1 fully saturated rings. The topological polar surface area (TPSA) is 84.7 Å². The van der Waals surface area contributed by atoms with Gasteiger partial charge in [-0.3, -0.25) is 4.79 Å². The molecular formula is C11H15N3O4. The van der Waals surface area contributed by atoms with Crippen LogP contribution in [0, 0.1) is 0 Å². The molecule has 98 valence electrons. The Morgan fingerprint density at radius 1 is 1.50 bits per heavy atom. The van der Waals surface area contributed by atoms with Crippen LogP contribution in [0.2, 0.25) is 0 Å². The zero-order chi connectivity index (χ0) is 13.1. The number of morpholine rings is 1. The molecule has 0 spiro atoms. The molecule has 7 nitrogen and oxygen atoms in total. The van der Waals surface area contributed by atoms with Gasteiger partial charge in [0, 0.05) is 19.2 Å². The molecule has 0 amide bonds. The third-order valence-electron chi connectivity index (χ3n) is 2.91. The summed E-state index contributed by atoms with van der Waals surface area (Å²) in [5.74, 6) is -1.08. The summed E-state index contributed by atoms with van der Waals surface area (Å²) in [7, 11) is 0. The zero-order valence-electron chi connectivity index (χ0n) is 10.1. The number of anilines is 1. The van der Waals surface area contributed by atoms with Crippen LogP contribution in [-0.4, -0.2) is 47.2 Å². The monoisotopic (exact) mass is 253 g/mol. The summed E-state index contributed by atoms with van der Waals surface area (Å²) in [5, 5.41) is 12.8. The number of carbonyl (C=O) groups is 1. The standard InChI is InChI=1S/C11H15N3O4/c1-8(11(16)17)14-10(15)6-9(7-12-14)13-2-4-18-5-3-13/h6-8H,2-5H2,1H3,(H,16,17). The van der Waals surface area contributed by atoms with Crippen LogP contribution in [0.3, 0.4) is 0 Å². The lowest BCUT2D eigenvalue weighted by molar-refractivity contribution is -0.140. The van der Waals surface area contributed by atoms with Crippen molar-refractivity contribution in [2.75, 3.05) is 31.2 Å². The predicted molar refractivity (Wildman–Crippen MR) is 63.9 cm³/mol. The number of aliphatic carboxylic acids is 1. The molecule has 2 heterocycles. The number of rotatable bonds is 3. The van der Waals surface area contributed by atoms with Crippen LogP contribution in [-0.2, 0) is 9.53 Å². The lowest BCUT2D eigenvalue weighted by atomic mass is 10.3. The number of aromatic nitrogens is 2. The number of nitrogens with zero attached hydrogens (tertiary/aromatic N) is 3. The average molecular weight is 253 g/mol. The minimum absolute atomic E-state index is 0.408. The van der Waals surface area contributed by atoms with Crippen LogP contribution in [0.15, 0.2) is 17.1 Å². The van der Waals surface area contributed by atoms with Crippen LogP contribution in [0.1, 0.15) is 13.0 Å². The van der Waals surface area contributed by atoms with Gasteiger partial charge in [-0.05, 0) is 6.92 Å². The van der Waals surface area contributed by atoms with Gasteiger partial charge in [0.1, 0.15) is 0 Å². The van der Waals surface area contributed by atoms with Gasteiger partial charge in [0.15, 0.2) is 6.04 Å². The van der Waals surface area contributed by atoms with Gasteiger partial charge in [-0.1, -0.05) is 0 Å². The summed E-state index contributed by atoms with van der Waals surface area (Å²) in [5.41, 5.74) is 0.297. The summed E-state index contributed by atoms with van der Waals surface area (Å²) in [6.45, 7) is 4.08. The molecule has 1 saturated heterocycles. The minimum atomic E-state index is -1.08. The molecule has 2 rings (SSSR count). The second-order valence-electron chi connectivity index (χ2n) is 4.11.